The minimum atomic E-state index is -4.41. The first kappa shape index (κ1) is 18.4. The Morgan fingerprint density at radius 3 is 2.29 bits per heavy atom. The third kappa shape index (κ3) is 5.28. The number of piperidine rings is 1. The third-order valence-corrected chi connectivity index (χ3v) is 3.44. The number of carbonyl (C=O) groups is 1. The number of amides is 1. The highest BCUT2D eigenvalue weighted by atomic mass is 19.4. The molecule has 2 heterocycles. The number of likely N-dealkylation sites (tertiary alicyclic amines) is 1. The number of aromatic nitrogens is 1. The lowest BCUT2D eigenvalue weighted by Gasteiger charge is -2.33. The Morgan fingerprint density at radius 2 is 1.83 bits per heavy atom. The lowest BCUT2D eigenvalue weighted by Crippen LogP contribution is -2.44. The van der Waals surface area contributed by atoms with Crippen molar-refractivity contribution in [2.75, 3.05) is 13.1 Å². The van der Waals surface area contributed by atoms with Crippen LogP contribution in [0.5, 0.6) is 5.88 Å². The van der Waals surface area contributed by atoms with Crippen molar-refractivity contribution in [2.24, 2.45) is 0 Å². The van der Waals surface area contributed by atoms with E-state index in [1.165, 1.54) is 6.07 Å². The standard InChI is InChI=1S/C16H21F3N2O3/c1-15(2,3)24-14(22)21-8-6-12(7-9-21)23-13-5-4-11(10-20-13)16(17,18)19/h4-5,10,12H,6-9H2,1-3H3. The molecular weight excluding hydrogens is 325 g/mol. The summed E-state index contributed by atoms with van der Waals surface area (Å²) in [5, 5.41) is 0. The predicted molar refractivity (Wildman–Crippen MR) is 80.7 cm³/mol. The minimum absolute atomic E-state index is 0.152. The van der Waals surface area contributed by atoms with Crippen molar-refractivity contribution in [3.63, 3.8) is 0 Å². The molecule has 5 nitrogen and oxygen atoms in total. The molecule has 2 rings (SSSR count). The maximum atomic E-state index is 12.5. The summed E-state index contributed by atoms with van der Waals surface area (Å²) in [5.41, 5.74) is -1.36. The molecule has 0 saturated carbocycles. The van der Waals surface area contributed by atoms with Crippen molar-refractivity contribution in [3.05, 3.63) is 23.9 Å². The van der Waals surface area contributed by atoms with Crippen LogP contribution >= 0.6 is 0 Å². The van der Waals surface area contributed by atoms with E-state index in [1.807, 2.05) is 0 Å². The Balaban J connectivity index is 1.84. The van der Waals surface area contributed by atoms with Gasteiger partial charge in [-0.3, -0.25) is 0 Å². The quantitative estimate of drug-likeness (QED) is 0.815. The maximum Gasteiger partial charge on any atom is 0.417 e. The summed E-state index contributed by atoms with van der Waals surface area (Å²) in [6, 6.07) is 2.15. The molecule has 1 saturated heterocycles. The first-order valence-corrected chi connectivity index (χ1v) is 7.72. The van der Waals surface area contributed by atoms with E-state index in [2.05, 4.69) is 4.98 Å². The van der Waals surface area contributed by atoms with Crippen LogP contribution in [-0.2, 0) is 10.9 Å². The van der Waals surface area contributed by atoms with Crippen LogP contribution in [0.2, 0.25) is 0 Å². The number of carbonyl (C=O) groups excluding carboxylic acids is 1. The van der Waals surface area contributed by atoms with Gasteiger partial charge in [0.25, 0.3) is 0 Å². The Hall–Kier alpha value is -1.99. The van der Waals surface area contributed by atoms with Gasteiger partial charge in [0.15, 0.2) is 0 Å². The van der Waals surface area contributed by atoms with Crippen molar-refractivity contribution in [2.45, 2.75) is 51.5 Å². The molecule has 1 aromatic heterocycles. The number of rotatable bonds is 2. The molecule has 24 heavy (non-hydrogen) atoms. The van der Waals surface area contributed by atoms with Crippen LogP contribution in [0.15, 0.2) is 18.3 Å². The minimum Gasteiger partial charge on any atom is -0.474 e. The number of nitrogens with zero attached hydrogens (tertiary/aromatic N) is 2. The summed E-state index contributed by atoms with van der Waals surface area (Å²) < 4.78 is 48.4. The van der Waals surface area contributed by atoms with Crippen LogP contribution in [0, 0.1) is 0 Å². The van der Waals surface area contributed by atoms with E-state index >= 15 is 0 Å². The predicted octanol–water partition coefficient (Wildman–Crippen LogP) is 3.88. The zero-order valence-corrected chi connectivity index (χ0v) is 13.9. The number of hydrogen-bond donors (Lipinski definition) is 0. The number of hydrogen-bond acceptors (Lipinski definition) is 4. The SMILES string of the molecule is CC(C)(C)OC(=O)N1CCC(Oc2ccc(C(F)(F)F)cn2)CC1. The smallest absolute Gasteiger partial charge is 0.417 e. The van der Waals surface area contributed by atoms with Crippen molar-refractivity contribution < 1.29 is 27.4 Å². The normalized spacial score (nSPS) is 16.8. The molecule has 8 heteroatoms. The second kappa shape index (κ2) is 6.86. The molecule has 1 aliphatic heterocycles. The van der Waals surface area contributed by atoms with E-state index in [1.54, 1.807) is 25.7 Å². The zero-order valence-electron chi connectivity index (χ0n) is 13.9. The molecular formula is C16H21F3N2O3. The van der Waals surface area contributed by atoms with E-state index < -0.39 is 17.3 Å². The van der Waals surface area contributed by atoms with Gasteiger partial charge in [-0.25, -0.2) is 9.78 Å². The second-order valence-corrected chi connectivity index (χ2v) is 6.67. The number of ether oxygens (including phenoxy) is 2. The molecule has 0 radical (unpaired) electrons. The first-order valence-electron chi connectivity index (χ1n) is 7.72. The molecule has 1 amide bonds. The monoisotopic (exact) mass is 346 g/mol. The van der Waals surface area contributed by atoms with E-state index in [9.17, 15) is 18.0 Å². The lowest BCUT2D eigenvalue weighted by atomic mass is 10.1. The van der Waals surface area contributed by atoms with E-state index in [4.69, 9.17) is 9.47 Å². The van der Waals surface area contributed by atoms with Crippen LogP contribution in [0.4, 0.5) is 18.0 Å². The maximum absolute atomic E-state index is 12.5. The van der Waals surface area contributed by atoms with Gasteiger partial charge in [-0.2, -0.15) is 13.2 Å². The van der Waals surface area contributed by atoms with Crippen LogP contribution < -0.4 is 4.74 Å². The fourth-order valence-electron chi connectivity index (χ4n) is 2.27. The van der Waals surface area contributed by atoms with Gasteiger partial charge in [0.05, 0.1) is 5.56 Å². The largest absolute Gasteiger partial charge is 0.474 e. The Morgan fingerprint density at radius 1 is 1.21 bits per heavy atom. The molecule has 0 bridgehead atoms. The Bertz CT molecular complexity index is 559. The molecule has 1 aromatic rings. The second-order valence-electron chi connectivity index (χ2n) is 6.67. The van der Waals surface area contributed by atoms with Gasteiger partial charge >= 0.3 is 12.3 Å². The molecule has 1 fully saturated rings. The van der Waals surface area contributed by atoms with Crippen LogP contribution in [0.3, 0.4) is 0 Å². The summed E-state index contributed by atoms with van der Waals surface area (Å²) >= 11 is 0. The van der Waals surface area contributed by atoms with Gasteiger partial charge in [-0.15, -0.1) is 0 Å². The molecule has 0 N–H and O–H groups in total. The highest BCUT2D eigenvalue weighted by Crippen LogP contribution is 2.29. The topological polar surface area (TPSA) is 51.7 Å². The number of pyridine rings is 1. The van der Waals surface area contributed by atoms with Gasteiger partial charge < -0.3 is 14.4 Å². The van der Waals surface area contributed by atoms with E-state index in [-0.39, 0.29) is 18.1 Å². The van der Waals surface area contributed by atoms with Crippen molar-refractivity contribution >= 4 is 6.09 Å². The Labute approximate surface area is 138 Å². The molecule has 134 valence electrons. The van der Waals surface area contributed by atoms with Crippen LogP contribution in [-0.4, -0.2) is 40.8 Å². The molecule has 0 atom stereocenters. The summed E-state index contributed by atoms with van der Waals surface area (Å²) in [5.74, 6) is 0.152. The summed E-state index contributed by atoms with van der Waals surface area (Å²) in [4.78, 5) is 17.3. The average molecular weight is 346 g/mol. The highest BCUT2D eigenvalue weighted by Gasteiger charge is 2.31. The van der Waals surface area contributed by atoms with Crippen LogP contribution in [0.1, 0.15) is 39.2 Å². The number of alkyl halides is 3. The molecule has 0 unspecified atom stereocenters. The third-order valence-electron chi connectivity index (χ3n) is 3.44. The molecule has 0 aliphatic carbocycles. The van der Waals surface area contributed by atoms with Gasteiger partial charge in [-0.1, -0.05) is 0 Å². The van der Waals surface area contributed by atoms with Crippen molar-refractivity contribution in [1.82, 2.24) is 9.88 Å². The Kier molecular flexibility index (Phi) is 5.25. The highest BCUT2D eigenvalue weighted by molar-refractivity contribution is 5.68. The summed E-state index contributed by atoms with van der Waals surface area (Å²) in [6.45, 7) is 6.35. The van der Waals surface area contributed by atoms with Crippen LogP contribution in [0.25, 0.3) is 0 Å². The zero-order chi connectivity index (χ0) is 18.0. The number of halogens is 3. The fourth-order valence-corrected chi connectivity index (χ4v) is 2.27. The summed E-state index contributed by atoms with van der Waals surface area (Å²) in [7, 11) is 0. The van der Waals surface area contributed by atoms with Gasteiger partial charge in [0.1, 0.15) is 11.7 Å². The molecule has 0 aromatic carbocycles. The summed E-state index contributed by atoms with van der Waals surface area (Å²) in [6.07, 6.45) is -3.07. The van der Waals surface area contributed by atoms with Crippen molar-refractivity contribution in [1.29, 1.82) is 0 Å². The van der Waals surface area contributed by atoms with E-state index in [0.717, 1.165) is 12.3 Å². The lowest BCUT2D eigenvalue weighted by molar-refractivity contribution is -0.137. The van der Waals surface area contributed by atoms with Gasteiger partial charge in [-0.05, 0) is 26.8 Å². The molecule has 1 aliphatic rings. The first-order chi connectivity index (χ1) is 11.0. The van der Waals surface area contributed by atoms with E-state index in [0.29, 0.717) is 25.9 Å². The van der Waals surface area contributed by atoms with Crippen molar-refractivity contribution in [3.8, 4) is 5.88 Å². The molecule has 0 spiro atoms. The van der Waals surface area contributed by atoms with Gasteiger partial charge in [0, 0.05) is 38.2 Å². The van der Waals surface area contributed by atoms with Gasteiger partial charge in [0.2, 0.25) is 5.88 Å². The fraction of sp³-hybridized carbons (Fsp3) is 0.625. The average Bonchev–Trinajstić information content (AvgIpc) is 2.46.